The van der Waals surface area contributed by atoms with Crippen molar-refractivity contribution in [1.82, 2.24) is 5.32 Å². The highest BCUT2D eigenvalue weighted by molar-refractivity contribution is 7.80. The molecule has 0 fully saturated rings. The van der Waals surface area contributed by atoms with E-state index >= 15 is 0 Å². The summed E-state index contributed by atoms with van der Waals surface area (Å²) in [6.45, 7) is 2.05. The van der Waals surface area contributed by atoms with Crippen LogP contribution >= 0.6 is 23.6 Å². The SMILES string of the molecule is CCOC(=O)CNC(=S)Nc1sc2c(c1C(=O)OC)CCCCC2. The van der Waals surface area contributed by atoms with Crippen LogP contribution in [0.25, 0.3) is 0 Å². The van der Waals surface area contributed by atoms with Crippen molar-refractivity contribution >= 4 is 45.6 Å². The van der Waals surface area contributed by atoms with Gasteiger partial charge in [0.05, 0.1) is 19.3 Å². The maximum atomic E-state index is 12.2. The van der Waals surface area contributed by atoms with E-state index in [4.69, 9.17) is 21.7 Å². The fraction of sp³-hybridized carbons (Fsp3) is 0.562. The molecule has 0 spiro atoms. The van der Waals surface area contributed by atoms with E-state index in [-0.39, 0.29) is 23.6 Å². The first kappa shape index (κ1) is 18.7. The average Bonchev–Trinajstić information content (AvgIpc) is 2.74. The number of anilines is 1. The van der Waals surface area contributed by atoms with Crippen molar-refractivity contribution in [2.75, 3.05) is 25.6 Å². The molecule has 1 aromatic heterocycles. The first-order valence-electron chi connectivity index (χ1n) is 8.00. The maximum absolute atomic E-state index is 12.2. The first-order valence-corrected chi connectivity index (χ1v) is 9.22. The molecule has 132 valence electrons. The lowest BCUT2D eigenvalue weighted by molar-refractivity contribution is -0.141. The smallest absolute Gasteiger partial charge is 0.341 e. The summed E-state index contributed by atoms with van der Waals surface area (Å²) in [5.41, 5.74) is 1.64. The van der Waals surface area contributed by atoms with Crippen LogP contribution in [-0.2, 0) is 27.1 Å². The van der Waals surface area contributed by atoms with Gasteiger partial charge < -0.3 is 20.1 Å². The summed E-state index contributed by atoms with van der Waals surface area (Å²) in [6.07, 6.45) is 5.21. The summed E-state index contributed by atoms with van der Waals surface area (Å²) in [5.74, 6) is -0.734. The number of hydrogen-bond acceptors (Lipinski definition) is 6. The van der Waals surface area contributed by atoms with Crippen LogP contribution in [0.1, 0.15) is 47.0 Å². The Kier molecular flexibility index (Phi) is 6.99. The fourth-order valence-electron chi connectivity index (χ4n) is 2.66. The topological polar surface area (TPSA) is 76.7 Å². The third-order valence-corrected chi connectivity index (χ3v) is 5.19. The van der Waals surface area contributed by atoms with E-state index < -0.39 is 0 Å². The van der Waals surface area contributed by atoms with E-state index in [2.05, 4.69) is 10.6 Å². The van der Waals surface area contributed by atoms with E-state index in [0.29, 0.717) is 17.2 Å². The molecule has 0 aromatic carbocycles. The number of fused-ring (bicyclic) bond motifs is 1. The lowest BCUT2D eigenvalue weighted by Gasteiger charge is -2.10. The monoisotopic (exact) mass is 370 g/mol. The molecule has 0 aliphatic heterocycles. The molecule has 2 rings (SSSR count). The minimum atomic E-state index is -0.378. The van der Waals surface area contributed by atoms with E-state index in [1.807, 2.05) is 0 Å². The van der Waals surface area contributed by atoms with Crippen LogP contribution in [0.2, 0.25) is 0 Å². The van der Waals surface area contributed by atoms with Gasteiger partial charge in [-0.3, -0.25) is 4.79 Å². The van der Waals surface area contributed by atoms with Crippen molar-refractivity contribution in [2.45, 2.75) is 39.0 Å². The molecule has 8 heteroatoms. The Labute approximate surface area is 150 Å². The Morgan fingerprint density at radius 2 is 2.00 bits per heavy atom. The molecule has 0 amide bonds. The molecule has 1 aromatic rings. The number of carbonyl (C=O) groups is 2. The number of aryl methyl sites for hydroxylation is 1. The zero-order valence-corrected chi connectivity index (χ0v) is 15.5. The van der Waals surface area contributed by atoms with E-state index in [1.165, 1.54) is 29.7 Å². The number of carbonyl (C=O) groups excluding carboxylic acids is 2. The lowest BCUT2D eigenvalue weighted by Crippen LogP contribution is -2.34. The van der Waals surface area contributed by atoms with Crippen molar-refractivity contribution in [3.8, 4) is 0 Å². The molecular weight excluding hydrogens is 348 g/mol. The summed E-state index contributed by atoms with van der Waals surface area (Å²) in [4.78, 5) is 24.8. The van der Waals surface area contributed by atoms with Crippen LogP contribution in [0.5, 0.6) is 0 Å². The van der Waals surface area contributed by atoms with Gasteiger partial charge in [-0.2, -0.15) is 0 Å². The number of methoxy groups -OCH3 is 1. The molecule has 0 unspecified atom stereocenters. The summed E-state index contributed by atoms with van der Waals surface area (Å²) in [5, 5.41) is 6.78. The first-order chi connectivity index (χ1) is 11.6. The second kappa shape index (κ2) is 8.98. The van der Waals surface area contributed by atoms with Gasteiger partial charge in [-0.25, -0.2) is 4.79 Å². The zero-order chi connectivity index (χ0) is 17.5. The lowest BCUT2D eigenvalue weighted by atomic mass is 10.1. The number of thiocarbonyl (C=S) groups is 1. The molecule has 24 heavy (non-hydrogen) atoms. The van der Waals surface area contributed by atoms with Crippen LogP contribution in [-0.4, -0.2) is 37.3 Å². The van der Waals surface area contributed by atoms with E-state index in [0.717, 1.165) is 31.2 Å². The minimum absolute atomic E-state index is 0.0156. The molecule has 1 aliphatic rings. The van der Waals surface area contributed by atoms with Crippen molar-refractivity contribution in [1.29, 1.82) is 0 Å². The normalized spacial score (nSPS) is 13.4. The summed E-state index contributed by atoms with van der Waals surface area (Å²) < 4.78 is 9.79. The van der Waals surface area contributed by atoms with Gasteiger partial charge in [0.1, 0.15) is 11.5 Å². The Hall–Kier alpha value is -1.67. The number of ether oxygens (including phenoxy) is 2. The second-order valence-corrected chi connectivity index (χ2v) is 6.89. The summed E-state index contributed by atoms with van der Waals surface area (Å²) in [7, 11) is 1.38. The highest BCUT2D eigenvalue weighted by Crippen LogP contribution is 2.37. The molecule has 0 saturated carbocycles. The van der Waals surface area contributed by atoms with Crippen molar-refractivity contribution in [2.24, 2.45) is 0 Å². The Balaban J connectivity index is 2.13. The second-order valence-electron chi connectivity index (χ2n) is 5.37. The van der Waals surface area contributed by atoms with Gasteiger partial charge in [0, 0.05) is 4.88 Å². The predicted molar refractivity (Wildman–Crippen MR) is 97.8 cm³/mol. The van der Waals surface area contributed by atoms with Gasteiger partial charge in [0.2, 0.25) is 0 Å². The minimum Gasteiger partial charge on any atom is -0.465 e. The van der Waals surface area contributed by atoms with Crippen LogP contribution in [0.15, 0.2) is 0 Å². The van der Waals surface area contributed by atoms with Crippen molar-refractivity contribution in [3.05, 3.63) is 16.0 Å². The van der Waals surface area contributed by atoms with Crippen LogP contribution in [0, 0.1) is 0 Å². The molecule has 0 atom stereocenters. The number of nitrogens with one attached hydrogen (secondary N) is 2. The Morgan fingerprint density at radius 3 is 2.71 bits per heavy atom. The molecule has 1 heterocycles. The third kappa shape index (κ3) is 4.67. The standard InChI is InChI=1S/C16H22N2O4S2/c1-3-22-12(19)9-17-16(23)18-14-13(15(20)21-2)10-7-5-4-6-8-11(10)24-14/h3-9H2,1-2H3,(H2,17,18,23). The van der Waals surface area contributed by atoms with E-state index in [1.54, 1.807) is 6.92 Å². The van der Waals surface area contributed by atoms with Gasteiger partial charge in [-0.05, 0) is 50.4 Å². The van der Waals surface area contributed by atoms with Gasteiger partial charge in [-0.1, -0.05) is 6.42 Å². The van der Waals surface area contributed by atoms with Gasteiger partial charge in [0.15, 0.2) is 5.11 Å². The average molecular weight is 370 g/mol. The maximum Gasteiger partial charge on any atom is 0.341 e. The summed E-state index contributed by atoms with van der Waals surface area (Å²) >= 11 is 6.75. The van der Waals surface area contributed by atoms with Gasteiger partial charge >= 0.3 is 11.9 Å². The third-order valence-electron chi connectivity index (χ3n) is 3.74. The molecule has 0 saturated heterocycles. The Bertz CT molecular complexity index is 628. The van der Waals surface area contributed by atoms with Crippen molar-refractivity contribution in [3.63, 3.8) is 0 Å². The van der Waals surface area contributed by atoms with Crippen LogP contribution in [0.3, 0.4) is 0 Å². The Morgan fingerprint density at radius 1 is 1.25 bits per heavy atom. The highest BCUT2D eigenvalue weighted by atomic mass is 32.1. The molecule has 0 radical (unpaired) electrons. The van der Waals surface area contributed by atoms with Crippen molar-refractivity contribution < 1.29 is 19.1 Å². The molecule has 6 nitrogen and oxygen atoms in total. The zero-order valence-electron chi connectivity index (χ0n) is 13.9. The predicted octanol–water partition coefficient (Wildman–Crippen LogP) is 2.65. The number of rotatable bonds is 5. The fourth-order valence-corrected chi connectivity index (χ4v) is 4.18. The van der Waals surface area contributed by atoms with Crippen LogP contribution in [0.4, 0.5) is 5.00 Å². The highest BCUT2D eigenvalue weighted by Gasteiger charge is 2.25. The molecule has 1 aliphatic carbocycles. The molecule has 2 N–H and O–H groups in total. The number of esters is 2. The van der Waals surface area contributed by atoms with E-state index in [9.17, 15) is 9.59 Å². The molecule has 0 bridgehead atoms. The number of hydrogen-bond donors (Lipinski definition) is 2. The van der Waals surface area contributed by atoms with Crippen LogP contribution < -0.4 is 10.6 Å². The van der Waals surface area contributed by atoms with Gasteiger partial charge in [0.25, 0.3) is 0 Å². The number of thiophene rings is 1. The largest absolute Gasteiger partial charge is 0.465 e. The molecular formula is C16H22N2O4S2. The summed E-state index contributed by atoms with van der Waals surface area (Å²) in [6, 6.07) is 0. The quantitative estimate of drug-likeness (QED) is 0.469. The van der Waals surface area contributed by atoms with Gasteiger partial charge in [-0.15, -0.1) is 11.3 Å².